The van der Waals surface area contributed by atoms with Gasteiger partial charge in [0.25, 0.3) is 5.56 Å². The molecule has 1 aliphatic heterocycles. The van der Waals surface area contributed by atoms with Crippen LogP contribution in [0.3, 0.4) is 0 Å². The third-order valence-corrected chi connectivity index (χ3v) is 7.35. The van der Waals surface area contributed by atoms with E-state index in [0.717, 1.165) is 16.8 Å². The summed E-state index contributed by atoms with van der Waals surface area (Å²) in [5.74, 6) is 0. The van der Waals surface area contributed by atoms with E-state index < -0.39 is 60.2 Å². The van der Waals surface area contributed by atoms with Crippen molar-refractivity contribution < 1.29 is 60.6 Å². The number of aliphatic hydroxyl groups is 1. The van der Waals surface area contributed by atoms with Gasteiger partial charge in [-0.05, 0) is 12.2 Å². The number of hydrogen-bond acceptors (Lipinski definition) is 10. The smallest absolute Gasteiger partial charge is 0.385 e. The van der Waals surface area contributed by atoms with Crippen molar-refractivity contribution in [2.24, 2.45) is 0 Å². The molecule has 2 heterocycles. The zero-order valence-corrected chi connectivity index (χ0v) is 17.2. The standard InChI is InChI=1S/C9H14FN2O13P3S/c10-6-4(3-22-27(18,19)25-28(20,21)24-26(15,16)17)23-8(7(6)14)12-2-1-5(13)11-9(12)29/h1-2,4,6-8,14H,3H2,(H,18,19)(H,20,21)(H,11,13,29)(H2,15,16,17). The largest absolute Gasteiger partial charge is 0.490 e. The van der Waals surface area contributed by atoms with E-state index in [1.165, 1.54) is 0 Å². The highest BCUT2D eigenvalue weighted by Gasteiger charge is 2.47. The number of halogens is 1. The number of phosphoric ester groups is 1. The summed E-state index contributed by atoms with van der Waals surface area (Å²) in [6, 6.07) is 1.01. The first-order chi connectivity index (χ1) is 13.1. The number of H-pyrrole nitrogens is 1. The molecule has 6 atom stereocenters. The van der Waals surface area contributed by atoms with Crippen molar-refractivity contribution in [1.29, 1.82) is 0 Å². The van der Waals surface area contributed by atoms with Gasteiger partial charge in [0.05, 0.1) is 6.61 Å². The molecule has 0 amide bonds. The summed E-state index contributed by atoms with van der Waals surface area (Å²) >= 11 is 4.85. The van der Waals surface area contributed by atoms with Crippen molar-refractivity contribution in [3.8, 4) is 0 Å². The van der Waals surface area contributed by atoms with Crippen LogP contribution in [0.25, 0.3) is 0 Å². The fraction of sp³-hybridized carbons (Fsp3) is 0.556. The topological polar surface area (TPSA) is 227 Å². The lowest BCUT2D eigenvalue weighted by Gasteiger charge is -2.19. The Labute approximate surface area is 165 Å². The maximum Gasteiger partial charge on any atom is 0.490 e. The first-order valence-corrected chi connectivity index (χ1v) is 12.1. The summed E-state index contributed by atoms with van der Waals surface area (Å²) in [5.41, 5.74) is -0.570. The van der Waals surface area contributed by atoms with Crippen LogP contribution in [0.4, 0.5) is 4.39 Å². The first kappa shape index (κ1) is 24.6. The minimum Gasteiger partial charge on any atom is -0.385 e. The SMILES string of the molecule is O=c1ccn(C2OC(COP(=O)(O)OP(=O)(O)OP(=O)(O)O)C(F)C2O)c(=S)[nH]1. The summed E-state index contributed by atoms with van der Waals surface area (Å²) in [6.07, 6.45) is -6.09. The van der Waals surface area contributed by atoms with Gasteiger partial charge in [-0.15, -0.1) is 0 Å². The highest BCUT2D eigenvalue weighted by Crippen LogP contribution is 2.66. The molecule has 1 aliphatic rings. The predicted octanol–water partition coefficient (Wildman–Crippen LogP) is -0.154. The fourth-order valence-electron chi connectivity index (χ4n) is 2.17. The molecule has 2 rings (SSSR count). The van der Waals surface area contributed by atoms with E-state index in [9.17, 15) is 32.9 Å². The quantitative estimate of drug-likeness (QED) is 0.201. The second kappa shape index (κ2) is 8.85. The number of aliphatic hydroxyl groups excluding tert-OH is 1. The fourth-order valence-corrected chi connectivity index (χ4v) is 5.47. The van der Waals surface area contributed by atoms with Crippen molar-refractivity contribution in [3.63, 3.8) is 0 Å². The number of nitrogens with zero attached hydrogens (tertiary/aromatic N) is 1. The number of nitrogens with one attached hydrogen (secondary N) is 1. The molecule has 166 valence electrons. The van der Waals surface area contributed by atoms with Crippen LogP contribution in [0.5, 0.6) is 0 Å². The Morgan fingerprint density at radius 1 is 1.21 bits per heavy atom. The molecule has 6 unspecified atom stereocenters. The van der Waals surface area contributed by atoms with Crippen LogP contribution in [0.1, 0.15) is 6.23 Å². The van der Waals surface area contributed by atoms with Crippen molar-refractivity contribution >= 4 is 35.7 Å². The molecule has 1 fully saturated rings. The van der Waals surface area contributed by atoms with E-state index >= 15 is 0 Å². The number of ether oxygens (including phenoxy) is 1. The Balaban J connectivity index is 2.06. The van der Waals surface area contributed by atoms with E-state index in [2.05, 4.69) is 18.1 Å². The Morgan fingerprint density at radius 3 is 2.38 bits per heavy atom. The molecule has 1 aromatic rings. The lowest BCUT2D eigenvalue weighted by molar-refractivity contribution is -0.0521. The van der Waals surface area contributed by atoms with Crippen LogP contribution in [0, 0.1) is 4.77 Å². The summed E-state index contributed by atoms with van der Waals surface area (Å²) in [4.78, 5) is 48.6. The van der Waals surface area contributed by atoms with Gasteiger partial charge < -0.3 is 29.4 Å². The van der Waals surface area contributed by atoms with Gasteiger partial charge in [-0.1, -0.05) is 0 Å². The van der Waals surface area contributed by atoms with Crippen LogP contribution in [-0.4, -0.2) is 59.2 Å². The second-order valence-electron chi connectivity index (χ2n) is 5.40. The Kier molecular flexibility index (Phi) is 7.51. The third-order valence-electron chi connectivity index (χ3n) is 3.23. The number of aromatic nitrogens is 2. The number of alkyl halides is 1. The molecule has 15 nitrogen and oxygen atoms in total. The highest BCUT2D eigenvalue weighted by atomic mass is 32.1. The predicted molar refractivity (Wildman–Crippen MR) is 90.5 cm³/mol. The molecule has 1 aromatic heterocycles. The normalized spacial score (nSPS) is 29.3. The number of phosphoric acid groups is 3. The lowest BCUT2D eigenvalue weighted by Crippen LogP contribution is -2.30. The summed E-state index contributed by atoms with van der Waals surface area (Å²) < 4.78 is 64.9. The minimum atomic E-state index is -5.73. The van der Waals surface area contributed by atoms with Gasteiger partial charge in [0.15, 0.2) is 17.2 Å². The van der Waals surface area contributed by atoms with E-state index in [4.69, 9.17) is 31.6 Å². The van der Waals surface area contributed by atoms with Gasteiger partial charge in [0.1, 0.15) is 12.2 Å². The van der Waals surface area contributed by atoms with Gasteiger partial charge >= 0.3 is 23.5 Å². The average Bonchev–Trinajstić information content (AvgIpc) is 2.78. The van der Waals surface area contributed by atoms with Gasteiger partial charge in [-0.25, -0.2) is 18.1 Å². The Morgan fingerprint density at radius 2 is 1.83 bits per heavy atom. The van der Waals surface area contributed by atoms with E-state index in [1.54, 1.807) is 0 Å². The molecular formula is C9H14FN2O13P3S. The van der Waals surface area contributed by atoms with Gasteiger partial charge in [-0.3, -0.25) is 18.9 Å². The van der Waals surface area contributed by atoms with Gasteiger partial charge in [0, 0.05) is 12.3 Å². The molecule has 0 aromatic carbocycles. The molecular weight excluding hydrogens is 488 g/mol. The highest BCUT2D eigenvalue weighted by molar-refractivity contribution is 7.71. The van der Waals surface area contributed by atoms with Crippen molar-refractivity contribution in [3.05, 3.63) is 27.4 Å². The Hall–Kier alpha value is -0.640. The minimum absolute atomic E-state index is 0.220. The van der Waals surface area contributed by atoms with Crippen LogP contribution in [-0.2, 0) is 31.6 Å². The van der Waals surface area contributed by atoms with Gasteiger partial charge in [0.2, 0.25) is 0 Å². The molecule has 0 bridgehead atoms. The summed E-state index contributed by atoms with van der Waals surface area (Å²) in [5, 5.41) is 9.95. The maximum absolute atomic E-state index is 14.2. The molecule has 0 aliphatic carbocycles. The van der Waals surface area contributed by atoms with Crippen molar-refractivity contribution in [2.75, 3.05) is 6.61 Å². The maximum atomic E-state index is 14.2. The van der Waals surface area contributed by atoms with Crippen molar-refractivity contribution in [2.45, 2.75) is 24.6 Å². The molecule has 1 saturated heterocycles. The zero-order chi connectivity index (χ0) is 22.2. The van der Waals surface area contributed by atoms with E-state index in [-0.39, 0.29) is 4.77 Å². The molecule has 0 radical (unpaired) electrons. The number of rotatable bonds is 8. The first-order valence-electron chi connectivity index (χ1n) is 7.18. The van der Waals surface area contributed by atoms with Crippen LogP contribution in [0.15, 0.2) is 17.1 Å². The van der Waals surface area contributed by atoms with Gasteiger partial charge in [-0.2, -0.15) is 8.62 Å². The number of aromatic amines is 1. The van der Waals surface area contributed by atoms with Crippen LogP contribution < -0.4 is 5.56 Å². The monoisotopic (exact) mass is 502 g/mol. The third kappa shape index (κ3) is 6.94. The molecule has 0 saturated carbocycles. The van der Waals surface area contributed by atoms with Crippen molar-refractivity contribution in [1.82, 2.24) is 9.55 Å². The lowest BCUT2D eigenvalue weighted by atomic mass is 10.1. The zero-order valence-electron chi connectivity index (χ0n) is 13.7. The Bertz CT molecular complexity index is 1010. The van der Waals surface area contributed by atoms with Crippen LogP contribution >= 0.6 is 35.7 Å². The second-order valence-corrected chi connectivity index (χ2v) is 10.2. The summed E-state index contributed by atoms with van der Waals surface area (Å²) in [6.45, 7) is -1.10. The molecule has 6 N–H and O–H groups in total. The molecule has 29 heavy (non-hydrogen) atoms. The van der Waals surface area contributed by atoms with E-state index in [0.29, 0.717) is 0 Å². The summed E-state index contributed by atoms with van der Waals surface area (Å²) in [7, 11) is -16.8. The molecule has 20 heteroatoms. The van der Waals surface area contributed by atoms with Crippen LogP contribution in [0.2, 0.25) is 0 Å². The average molecular weight is 502 g/mol. The van der Waals surface area contributed by atoms with E-state index in [1.807, 2.05) is 0 Å². The molecule has 0 spiro atoms. The number of hydrogen-bond donors (Lipinski definition) is 6.